The summed E-state index contributed by atoms with van der Waals surface area (Å²) in [5.41, 5.74) is 6.49. The second-order valence-corrected chi connectivity index (χ2v) is 3.80. The fraction of sp³-hybridized carbons (Fsp3) is 0.364. The molecule has 1 aromatic carbocycles. The van der Waals surface area contributed by atoms with Crippen molar-refractivity contribution in [3.63, 3.8) is 0 Å². The average molecular weight is 210 g/mol. The Hall–Kier alpha value is -1.58. The fourth-order valence-electron chi connectivity index (χ4n) is 1.18. The molecule has 82 valence electrons. The third-order valence-corrected chi connectivity index (χ3v) is 2.07. The van der Waals surface area contributed by atoms with Crippen LogP contribution in [0.5, 0.6) is 0 Å². The van der Waals surface area contributed by atoms with Crippen LogP contribution in [0.2, 0.25) is 0 Å². The van der Waals surface area contributed by atoms with E-state index in [0.29, 0.717) is 11.3 Å². The summed E-state index contributed by atoms with van der Waals surface area (Å²) in [7, 11) is 0. The molecular weight excluding hydrogens is 195 g/mol. The van der Waals surface area contributed by atoms with Gasteiger partial charge in [0.25, 0.3) is 5.91 Å². The highest BCUT2D eigenvalue weighted by Gasteiger charge is 2.11. The summed E-state index contributed by atoms with van der Waals surface area (Å²) in [5.74, 6) is -0.764. The Balaban J connectivity index is 3.01. The van der Waals surface area contributed by atoms with E-state index in [1.807, 2.05) is 13.8 Å². The van der Waals surface area contributed by atoms with Crippen LogP contribution >= 0.6 is 0 Å². The first-order chi connectivity index (χ1) is 6.91. The number of hydrogen-bond donors (Lipinski definition) is 2. The number of nitrogen functional groups attached to an aromatic ring is 1. The van der Waals surface area contributed by atoms with Gasteiger partial charge in [0.05, 0.1) is 0 Å². The molecule has 0 fully saturated rings. The second kappa shape index (κ2) is 4.29. The van der Waals surface area contributed by atoms with Gasteiger partial charge in [-0.05, 0) is 32.9 Å². The van der Waals surface area contributed by atoms with Crippen LogP contribution < -0.4 is 11.1 Å². The minimum atomic E-state index is -0.455. The van der Waals surface area contributed by atoms with Crippen LogP contribution in [0.25, 0.3) is 0 Å². The van der Waals surface area contributed by atoms with E-state index < -0.39 is 5.82 Å². The molecule has 0 bridgehead atoms. The minimum absolute atomic E-state index is 0.0167. The van der Waals surface area contributed by atoms with E-state index in [0.717, 1.165) is 0 Å². The van der Waals surface area contributed by atoms with E-state index in [1.54, 1.807) is 6.92 Å². The highest BCUT2D eigenvalue weighted by atomic mass is 19.1. The van der Waals surface area contributed by atoms with E-state index >= 15 is 0 Å². The lowest BCUT2D eigenvalue weighted by molar-refractivity contribution is 0.0942. The molecule has 0 saturated carbocycles. The van der Waals surface area contributed by atoms with Crippen LogP contribution in [-0.2, 0) is 0 Å². The molecule has 0 aromatic heterocycles. The van der Waals surface area contributed by atoms with Crippen molar-refractivity contribution in [2.24, 2.45) is 0 Å². The van der Waals surface area contributed by atoms with Crippen molar-refractivity contribution in [3.8, 4) is 0 Å². The van der Waals surface area contributed by atoms with Gasteiger partial charge in [-0.25, -0.2) is 4.39 Å². The number of nitrogens with two attached hydrogens (primary N) is 1. The summed E-state index contributed by atoms with van der Waals surface area (Å²) < 4.78 is 13.3. The fourth-order valence-corrected chi connectivity index (χ4v) is 1.18. The molecule has 0 radical (unpaired) electrons. The number of nitrogens with one attached hydrogen (secondary N) is 1. The van der Waals surface area contributed by atoms with Gasteiger partial charge >= 0.3 is 0 Å². The van der Waals surface area contributed by atoms with Gasteiger partial charge < -0.3 is 11.1 Å². The van der Waals surface area contributed by atoms with Crippen LogP contribution in [-0.4, -0.2) is 11.9 Å². The Kier molecular flexibility index (Phi) is 3.29. The standard InChI is InChI=1S/C11H15FN2O/c1-6(2)14-11(15)8-4-9(12)7(3)10(13)5-8/h4-6H,13H2,1-3H3,(H,14,15). The molecule has 0 spiro atoms. The third-order valence-electron chi connectivity index (χ3n) is 2.07. The number of rotatable bonds is 2. The average Bonchev–Trinajstić information content (AvgIpc) is 2.12. The zero-order valence-electron chi connectivity index (χ0n) is 9.10. The van der Waals surface area contributed by atoms with Crippen LogP contribution in [0.4, 0.5) is 10.1 Å². The van der Waals surface area contributed by atoms with Crippen LogP contribution in [0, 0.1) is 12.7 Å². The van der Waals surface area contributed by atoms with Crippen molar-refractivity contribution in [1.29, 1.82) is 0 Å². The molecule has 1 rings (SSSR count). The topological polar surface area (TPSA) is 55.1 Å². The van der Waals surface area contributed by atoms with Crippen LogP contribution in [0.15, 0.2) is 12.1 Å². The lowest BCUT2D eigenvalue weighted by Gasteiger charge is -2.10. The zero-order chi connectivity index (χ0) is 11.6. The molecule has 1 aromatic rings. The maximum atomic E-state index is 13.3. The molecule has 0 atom stereocenters. The van der Waals surface area contributed by atoms with Gasteiger partial charge in [-0.3, -0.25) is 4.79 Å². The Bertz CT molecular complexity index is 365. The van der Waals surface area contributed by atoms with Gasteiger partial charge in [0.1, 0.15) is 5.82 Å². The van der Waals surface area contributed by atoms with E-state index in [2.05, 4.69) is 5.32 Å². The highest BCUT2D eigenvalue weighted by Crippen LogP contribution is 2.17. The molecule has 0 unspecified atom stereocenters. The molecule has 15 heavy (non-hydrogen) atoms. The van der Waals surface area contributed by atoms with Gasteiger partial charge in [0.2, 0.25) is 0 Å². The Morgan fingerprint density at radius 1 is 1.47 bits per heavy atom. The Labute approximate surface area is 88.5 Å². The van der Waals surface area contributed by atoms with Gasteiger partial charge in [-0.1, -0.05) is 0 Å². The quantitative estimate of drug-likeness (QED) is 0.732. The molecule has 3 nitrogen and oxygen atoms in total. The number of carbonyl (C=O) groups is 1. The van der Waals surface area contributed by atoms with E-state index in [9.17, 15) is 9.18 Å². The lowest BCUT2D eigenvalue weighted by atomic mass is 10.1. The maximum absolute atomic E-state index is 13.3. The van der Waals surface area contributed by atoms with Crippen molar-refractivity contribution < 1.29 is 9.18 Å². The number of anilines is 1. The normalized spacial score (nSPS) is 10.5. The zero-order valence-corrected chi connectivity index (χ0v) is 9.10. The van der Waals surface area contributed by atoms with Gasteiger partial charge in [0, 0.05) is 22.9 Å². The third kappa shape index (κ3) is 2.68. The Morgan fingerprint density at radius 2 is 2.07 bits per heavy atom. The van der Waals surface area contributed by atoms with Crippen LogP contribution in [0.1, 0.15) is 29.8 Å². The summed E-state index contributed by atoms with van der Waals surface area (Å²) in [6, 6.07) is 2.70. The van der Waals surface area contributed by atoms with Crippen molar-refractivity contribution in [3.05, 3.63) is 29.1 Å². The maximum Gasteiger partial charge on any atom is 0.251 e. The van der Waals surface area contributed by atoms with E-state index in [1.165, 1.54) is 12.1 Å². The van der Waals surface area contributed by atoms with Gasteiger partial charge in [-0.2, -0.15) is 0 Å². The molecule has 0 aliphatic heterocycles. The summed E-state index contributed by atoms with van der Waals surface area (Å²) in [6.45, 7) is 5.26. The van der Waals surface area contributed by atoms with Crippen molar-refractivity contribution in [2.45, 2.75) is 26.8 Å². The van der Waals surface area contributed by atoms with E-state index in [-0.39, 0.29) is 17.5 Å². The first-order valence-electron chi connectivity index (χ1n) is 4.78. The summed E-state index contributed by atoms with van der Waals surface area (Å²) in [4.78, 5) is 11.5. The highest BCUT2D eigenvalue weighted by molar-refractivity contribution is 5.95. The number of amides is 1. The summed E-state index contributed by atoms with van der Waals surface area (Å²) >= 11 is 0. The smallest absolute Gasteiger partial charge is 0.251 e. The first-order valence-corrected chi connectivity index (χ1v) is 4.78. The Morgan fingerprint density at radius 3 is 2.53 bits per heavy atom. The molecule has 4 heteroatoms. The lowest BCUT2D eigenvalue weighted by Crippen LogP contribution is -2.30. The van der Waals surface area contributed by atoms with Crippen LogP contribution in [0.3, 0.4) is 0 Å². The van der Waals surface area contributed by atoms with Crippen molar-refractivity contribution >= 4 is 11.6 Å². The number of hydrogen-bond acceptors (Lipinski definition) is 2. The second-order valence-electron chi connectivity index (χ2n) is 3.80. The minimum Gasteiger partial charge on any atom is -0.398 e. The number of benzene rings is 1. The van der Waals surface area contributed by atoms with E-state index in [4.69, 9.17) is 5.73 Å². The number of halogens is 1. The largest absolute Gasteiger partial charge is 0.398 e. The molecule has 0 aliphatic rings. The summed E-state index contributed by atoms with van der Waals surface area (Å²) in [6.07, 6.45) is 0. The monoisotopic (exact) mass is 210 g/mol. The predicted octanol–water partition coefficient (Wildman–Crippen LogP) is 1.85. The SMILES string of the molecule is Cc1c(N)cc(C(=O)NC(C)C)cc1F. The molecule has 1 amide bonds. The molecule has 0 heterocycles. The van der Waals surface area contributed by atoms with Crippen molar-refractivity contribution in [2.75, 3.05) is 5.73 Å². The predicted molar refractivity (Wildman–Crippen MR) is 58.2 cm³/mol. The number of carbonyl (C=O) groups excluding carboxylic acids is 1. The van der Waals surface area contributed by atoms with Gasteiger partial charge in [-0.15, -0.1) is 0 Å². The molecule has 3 N–H and O–H groups in total. The molecule has 0 aliphatic carbocycles. The first kappa shape index (κ1) is 11.5. The molecule has 0 saturated heterocycles. The molecular formula is C11H15FN2O. The summed E-state index contributed by atoms with van der Waals surface area (Å²) in [5, 5.41) is 2.67. The van der Waals surface area contributed by atoms with Crippen molar-refractivity contribution in [1.82, 2.24) is 5.32 Å². The van der Waals surface area contributed by atoms with Gasteiger partial charge in [0.15, 0.2) is 0 Å².